The van der Waals surface area contributed by atoms with Crippen LogP contribution in [0.4, 0.5) is 0 Å². The lowest BCUT2D eigenvalue weighted by Gasteiger charge is -2.10. The maximum absolute atomic E-state index is 10.9. The van der Waals surface area contributed by atoms with Crippen molar-refractivity contribution in [3.63, 3.8) is 0 Å². The molecule has 0 amide bonds. The van der Waals surface area contributed by atoms with Gasteiger partial charge in [-0.05, 0) is 25.5 Å². The molecule has 3 nitrogen and oxygen atoms in total. The predicted octanol–water partition coefficient (Wildman–Crippen LogP) is 2.13. The Balaban J connectivity index is 2.46. The SMILES string of the molecule is CCc1ccc(C(C)NCC(=O)OC)s1. The Morgan fingerprint density at radius 2 is 2.33 bits per heavy atom. The highest BCUT2D eigenvalue weighted by atomic mass is 32.1. The number of carbonyl (C=O) groups is 1. The lowest BCUT2D eigenvalue weighted by atomic mass is 10.2. The number of aryl methyl sites for hydroxylation is 1. The Morgan fingerprint density at radius 3 is 2.87 bits per heavy atom. The third kappa shape index (κ3) is 3.64. The van der Waals surface area contributed by atoms with Gasteiger partial charge in [0.15, 0.2) is 0 Å². The molecule has 4 heteroatoms. The molecule has 0 aromatic carbocycles. The molecule has 84 valence electrons. The molecule has 0 bridgehead atoms. The Morgan fingerprint density at radius 1 is 1.60 bits per heavy atom. The van der Waals surface area contributed by atoms with Crippen LogP contribution in [-0.4, -0.2) is 19.6 Å². The summed E-state index contributed by atoms with van der Waals surface area (Å²) in [6.45, 7) is 4.45. The number of hydrogen-bond donors (Lipinski definition) is 1. The highest BCUT2D eigenvalue weighted by Gasteiger charge is 2.09. The maximum atomic E-state index is 10.9. The number of thiophene rings is 1. The van der Waals surface area contributed by atoms with Crippen molar-refractivity contribution in [2.45, 2.75) is 26.3 Å². The fourth-order valence-electron chi connectivity index (χ4n) is 1.23. The summed E-state index contributed by atoms with van der Waals surface area (Å²) in [5, 5.41) is 3.12. The summed E-state index contributed by atoms with van der Waals surface area (Å²) in [7, 11) is 1.40. The largest absolute Gasteiger partial charge is 0.468 e. The van der Waals surface area contributed by atoms with Gasteiger partial charge in [0.1, 0.15) is 0 Å². The molecule has 0 fully saturated rings. The van der Waals surface area contributed by atoms with E-state index in [9.17, 15) is 4.79 Å². The van der Waals surface area contributed by atoms with Gasteiger partial charge in [0.2, 0.25) is 0 Å². The van der Waals surface area contributed by atoms with E-state index in [1.165, 1.54) is 16.9 Å². The first-order chi connectivity index (χ1) is 7.17. The van der Waals surface area contributed by atoms with Gasteiger partial charge in [0, 0.05) is 15.8 Å². The maximum Gasteiger partial charge on any atom is 0.319 e. The Labute approximate surface area is 94.5 Å². The van der Waals surface area contributed by atoms with E-state index in [1.54, 1.807) is 11.3 Å². The zero-order valence-corrected chi connectivity index (χ0v) is 10.2. The number of methoxy groups -OCH3 is 1. The molecule has 1 atom stereocenters. The molecule has 0 aliphatic rings. The number of nitrogens with one attached hydrogen (secondary N) is 1. The van der Waals surface area contributed by atoms with Crippen LogP contribution in [0.3, 0.4) is 0 Å². The fraction of sp³-hybridized carbons (Fsp3) is 0.545. The highest BCUT2D eigenvalue weighted by Crippen LogP contribution is 2.23. The van der Waals surface area contributed by atoms with Crippen molar-refractivity contribution in [1.29, 1.82) is 0 Å². The molecule has 15 heavy (non-hydrogen) atoms. The van der Waals surface area contributed by atoms with E-state index in [1.807, 2.05) is 6.92 Å². The van der Waals surface area contributed by atoms with E-state index < -0.39 is 0 Å². The predicted molar refractivity (Wildman–Crippen MR) is 62.1 cm³/mol. The summed E-state index contributed by atoms with van der Waals surface area (Å²) in [5.74, 6) is -0.228. The molecule has 1 aromatic heterocycles. The van der Waals surface area contributed by atoms with E-state index in [-0.39, 0.29) is 18.6 Å². The molecular weight excluding hydrogens is 210 g/mol. The van der Waals surface area contributed by atoms with Crippen molar-refractivity contribution in [3.8, 4) is 0 Å². The highest BCUT2D eigenvalue weighted by molar-refractivity contribution is 7.12. The molecule has 1 aromatic rings. The molecule has 1 rings (SSSR count). The summed E-state index contributed by atoms with van der Waals surface area (Å²) in [4.78, 5) is 13.6. The van der Waals surface area contributed by atoms with Gasteiger partial charge in [-0.25, -0.2) is 0 Å². The van der Waals surface area contributed by atoms with Gasteiger partial charge in [0.25, 0.3) is 0 Å². The molecule has 0 saturated heterocycles. The molecule has 0 radical (unpaired) electrons. The number of ether oxygens (including phenoxy) is 1. The van der Waals surface area contributed by atoms with Crippen LogP contribution in [0.1, 0.15) is 29.6 Å². The summed E-state index contributed by atoms with van der Waals surface area (Å²) in [6.07, 6.45) is 1.06. The van der Waals surface area contributed by atoms with Crippen molar-refractivity contribution < 1.29 is 9.53 Å². The molecule has 0 aliphatic heterocycles. The summed E-state index contributed by atoms with van der Waals surface area (Å²) in [5.41, 5.74) is 0. The van der Waals surface area contributed by atoms with Crippen LogP contribution < -0.4 is 5.32 Å². The van der Waals surface area contributed by atoms with Crippen LogP contribution in [0.15, 0.2) is 12.1 Å². The quantitative estimate of drug-likeness (QED) is 0.783. The smallest absolute Gasteiger partial charge is 0.319 e. The average molecular weight is 227 g/mol. The second-order valence-corrected chi connectivity index (χ2v) is 4.54. The second kappa shape index (κ2) is 5.88. The molecule has 0 saturated carbocycles. The van der Waals surface area contributed by atoms with Gasteiger partial charge in [0.05, 0.1) is 13.7 Å². The standard InChI is InChI=1S/C11H17NO2S/c1-4-9-5-6-10(15-9)8(2)12-7-11(13)14-3/h5-6,8,12H,4,7H2,1-3H3. The summed E-state index contributed by atoms with van der Waals surface area (Å²) < 4.78 is 4.56. The molecule has 1 heterocycles. The van der Waals surface area contributed by atoms with Crippen molar-refractivity contribution >= 4 is 17.3 Å². The number of rotatable bonds is 5. The van der Waals surface area contributed by atoms with Crippen LogP contribution in [0, 0.1) is 0 Å². The molecule has 0 aliphatic carbocycles. The van der Waals surface area contributed by atoms with Crippen LogP contribution in [0.25, 0.3) is 0 Å². The third-order valence-electron chi connectivity index (χ3n) is 2.24. The fourth-order valence-corrected chi connectivity index (χ4v) is 2.21. The minimum Gasteiger partial charge on any atom is -0.468 e. The number of carbonyl (C=O) groups excluding carboxylic acids is 1. The average Bonchev–Trinajstić information content (AvgIpc) is 2.73. The van der Waals surface area contributed by atoms with Gasteiger partial charge in [-0.1, -0.05) is 6.92 Å². The van der Waals surface area contributed by atoms with Gasteiger partial charge in [-0.2, -0.15) is 0 Å². The third-order valence-corrected chi connectivity index (χ3v) is 3.65. The van der Waals surface area contributed by atoms with Crippen LogP contribution in [0.2, 0.25) is 0 Å². The van der Waals surface area contributed by atoms with E-state index >= 15 is 0 Å². The van der Waals surface area contributed by atoms with Crippen molar-refractivity contribution in [2.75, 3.05) is 13.7 Å². The summed E-state index contributed by atoms with van der Waals surface area (Å²) >= 11 is 1.79. The molecule has 0 spiro atoms. The first-order valence-corrected chi connectivity index (χ1v) is 5.87. The minimum absolute atomic E-state index is 0.203. The minimum atomic E-state index is -0.228. The zero-order valence-electron chi connectivity index (χ0n) is 9.37. The second-order valence-electron chi connectivity index (χ2n) is 3.34. The van der Waals surface area contributed by atoms with Crippen molar-refractivity contribution in [3.05, 3.63) is 21.9 Å². The lowest BCUT2D eigenvalue weighted by Crippen LogP contribution is -2.26. The monoisotopic (exact) mass is 227 g/mol. The van der Waals surface area contributed by atoms with Crippen molar-refractivity contribution in [1.82, 2.24) is 5.32 Å². The van der Waals surface area contributed by atoms with Gasteiger partial charge >= 0.3 is 5.97 Å². The van der Waals surface area contributed by atoms with Crippen LogP contribution in [-0.2, 0) is 16.0 Å². The van der Waals surface area contributed by atoms with Crippen molar-refractivity contribution in [2.24, 2.45) is 0 Å². The van der Waals surface area contributed by atoms with Gasteiger partial charge in [-0.3, -0.25) is 10.1 Å². The Bertz CT molecular complexity index is 322. The van der Waals surface area contributed by atoms with E-state index in [4.69, 9.17) is 0 Å². The van der Waals surface area contributed by atoms with Gasteiger partial charge < -0.3 is 4.74 Å². The first kappa shape index (κ1) is 12.2. The summed E-state index contributed by atoms with van der Waals surface area (Å²) in [6, 6.07) is 4.45. The Hall–Kier alpha value is -0.870. The number of hydrogen-bond acceptors (Lipinski definition) is 4. The zero-order chi connectivity index (χ0) is 11.3. The molecule has 1 N–H and O–H groups in total. The van der Waals surface area contributed by atoms with Gasteiger partial charge in [-0.15, -0.1) is 11.3 Å². The topological polar surface area (TPSA) is 38.3 Å². The van der Waals surface area contributed by atoms with E-state index in [2.05, 4.69) is 29.1 Å². The van der Waals surface area contributed by atoms with E-state index in [0.29, 0.717) is 0 Å². The molecular formula is C11H17NO2S. The first-order valence-electron chi connectivity index (χ1n) is 5.06. The van der Waals surface area contributed by atoms with Crippen LogP contribution >= 0.6 is 11.3 Å². The molecule has 1 unspecified atom stereocenters. The number of esters is 1. The van der Waals surface area contributed by atoms with E-state index in [0.717, 1.165) is 6.42 Å². The van der Waals surface area contributed by atoms with Crippen LogP contribution in [0.5, 0.6) is 0 Å². The lowest BCUT2D eigenvalue weighted by molar-refractivity contribution is -0.139. The normalized spacial score (nSPS) is 12.5. The Kier molecular flexibility index (Phi) is 4.78.